The molecule has 0 amide bonds. The predicted molar refractivity (Wildman–Crippen MR) is 369 cm³/mol. The largest absolute Gasteiger partial charge is 0.453 e. The third-order valence-corrected chi connectivity index (χ3v) is 19.0. The van der Waals surface area contributed by atoms with Gasteiger partial charge in [0.15, 0.2) is 23.0 Å². The summed E-state index contributed by atoms with van der Waals surface area (Å²) in [5.74, 6) is 3.31. The van der Waals surface area contributed by atoms with E-state index in [-0.39, 0.29) is 0 Å². The van der Waals surface area contributed by atoms with Gasteiger partial charge in [-0.3, -0.25) is 0 Å². The van der Waals surface area contributed by atoms with Crippen molar-refractivity contribution in [3.8, 4) is 67.5 Å². The smallest absolute Gasteiger partial charge is 0.152 e. The van der Waals surface area contributed by atoms with Gasteiger partial charge in [0.05, 0.1) is 28.2 Å². The van der Waals surface area contributed by atoms with Crippen molar-refractivity contribution in [1.29, 1.82) is 0 Å². The Bertz CT molecular complexity index is 5290. The van der Waals surface area contributed by atoms with Crippen LogP contribution in [0.1, 0.15) is 33.4 Å². The summed E-state index contributed by atoms with van der Waals surface area (Å²) in [5.41, 5.74) is 22.3. The maximum atomic E-state index is 6.85. The summed E-state index contributed by atoms with van der Waals surface area (Å²) in [6, 6.07) is 112. The van der Waals surface area contributed by atoms with Gasteiger partial charge in [-0.15, -0.1) is 0 Å². The number of rotatable bonds is 8. The van der Waals surface area contributed by atoms with Gasteiger partial charge in [0.25, 0.3) is 0 Å². The fourth-order valence-electron chi connectivity index (χ4n) is 14.9. The normalized spacial score (nSPS) is 13.3. The van der Waals surface area contributed by atoms with Crippen LogP contribution in [-0.4, -0.2) is 0 Å². The van der Waals surface area contributed by atoms with Gasteiger partial charge in [-0.1, -0.05) is 217 Å². The van der Waals surface area contributed by atoms with Gasteiger partial charge in [0.1, 0.15) is 0 Å². The summed E-state index contributed by atoms with van der Waals surface area (Å²) in [4.78, 5) is 4.62. The zero-order valence-corrected chi connectivity index (χ0v) is 49.1. The first kappa shape index (κ1) is 50.8. The topological polar surface area (TPSA) is 24.9 Å². The van der Waals surface area contributed by atoms with Crippen molar-refractivity contribution in [3.05, 3.63) is 337 Å². The number of anilines is 6. The van der Waals surface area contributed by atoms with E-state index < -0.39 is 5.41 Å². The summed E-state index contributed by atoms with van der Waals surface area (Å²) >= 11 is 0. The van der Waals surface area contributed by atoms with Gasteiger partial charge in [0.2, 0.25) is 0 Å². The fourth-order valence-corrected chi connectivity index (χ4v) is 14.9. The Morgan fingerprint density at radius 2 is 0.640 bits per heavy atom. The summed E-state index contributed by atoms with van der Waals surface area (Å²) in [7, 11) is 0. The Labute approximate surface area is 517 Å². The molecule has 0 bridgehead atoms. The Kier molecular flexibility index (Phi) is 11.3. The molecule has 2 heterocycles. The minimum Gasteiger partial charge on any atom is -0.453 e. The van der Waals surface area contributed by atoms with Crippen LogP contribution >= 0.6 is 0 Å². The highest BCUT2D eigenvalue weighted by Gasteiger charge is 2.46. The van der Waals surface area contributed by atoms with E-state index in [0.717, 1.165) is 79.4 Å². The van der Waals surface area contributed by atoms with Crippen molar-refractivity contribution in [2.75, 3.05) is 9.80 Å². The van der Waals surface area contributed by atoms with E-state index in [1.54, 1.807) is 0 Å². The van der Waals surface area contributed by atoms with Crippen LogP contribution < -0.4 is 19.3 Å². The lowest BCUT2D eigenvalue weighted by Gasteiger charge is -2.35. The molecule has 0 radical (unpaired) electrons. The lowest BCUT2D eigenvalue weighted by molar-refractivity contribution is 0.477. The molecular formula is C85H56N2O2. The number of fused-ring (bicyclic) bond motifs is 6. The lowest BCUT2D eigenvalue weighted by Crippen LogP contribution is -2.28. The summed E-state index contributed by atoms with van der Waals surface area (Å²) in [6.07, 6.45) is 0. The summed E-state index contributed by atoms with van der Waals surface area (Å²) in [5, 5.41) is 9.86. The number of nitrogens with zero attached hydrogens (tertiary/aromatic N) is 2. The van der Waals surface area contributed by atoms with Crippen LogP contribution in [0.25, 0.3) is 87.6 Å². The maximum absolute atomic E-state index is 6.85. The third kappa shape index (κ3) is 7.80. The molecule has 0 saturated carbocycles. The van der Waals surface area contributed by atoms with Crippen molar-refractivity contribution in [3.63, 3.8) is 0 Å². The van der Waals surface area contributed by atoms with Crippen LogP contribution in [0.2, 0.25) is 0 Å². The van der Waals surface area contributed by atoms with Crippen LogP contribution in [0.15, 0.2) is 303 Å². The molecule has 0 fully saturated rings. The van der Waals surface area contributed by atoms with Crippen molar-refractivity contribution >= 4 is 77.2 Å². The highest BCUT2D eigenvalue weighted by Crippen LogP contribution is 2.60. The van der Waals surface area contributed by atoms with E-state index in [0.29, 0.717) is 0 Å². The summed E-state index contributed by atoms with van der Waals surface area (Å²) in [6.45, 7) is 4.26. The molecule has 3 aliphatic rings. The van der Waals surface area contributed by atoms with E-state index in [1.807, 2.05) is 6.07 Å². The molecule has 18 rings (SSSR count). The number of para-hydroxylation sites is 4. The molecule has 418 valence electrons. The van der Waals surface area contributed by atoms with Gasteiger partial charge < -0.3 is 19.3 Å². The van der Waals surface area contributed by atoms with E-state index >= 15 is 0 Å². The van der Waals surface area contributed by atoms with Gasteiger partial charge in [-0.25, -0.2) is 0 Å². The molecule has 0 unspecified atom stereocenters. The molecule has 0 N–H and O–H groups in total. The second-order valence-corrected chi connectivity index (χ2v) is 24.1. The van der Waals surface area contributed by atoms with Gasteiger partial charge in [-0.2, -0.15) is 0 Å². The minimum absolute atomic E-state index is 0.678. The van der Waals surface area contributed by atoms with Crippen molar-refractivity contribution in [1.82, 2.24) is 0 Å². The molecule has 2 aliphatic heterocycles. The Hall–Kier alpha value is -11.5. The molecule has 0 spiro atoms. The van der Waals surface area contributed by atoms with E-state index in [2.05, 4.69) is 321 Å². The van der Waals surface area contributed by atoms with Crippen LogP contribution in [0.5, 0.6) is 23.0 Å². The van der Waals surface area contributed by atoms with Crippen LogP contribution in [0.4, 0.5) is 34.1 Å². The average molecular weight is 1140 g/mol. The van der Waals surface area contributed by atoms with Crippen LogP contribution in [-0.2, 0) is 5.41 Å². The highest BCUT2D eigenvalue weighted by atomic mass is 16.5. The van der Waals surface area contributed by atoms with E-state index in [1.165, 1.54) is 98.7 Å². The zero-order valence-electron chi connectivity index (χ0n) is 49.1. The molecule has 0 aromatic heterocycles. The first-order chi connectivity index (χ1) is 43.9. The second-order valence-electron chi connectivity index (χ2n) is 24.1. The van der Waals surface area contributed by atoms with Crippen LogP contribution in [0.3, 0.4) is 0 Å². The Morgan fingerprint density at radius 3 is 1.12 bits per heavy atom. The molecule has 4 heteroatoms. The molecule has 15 aromatic rings. The van der Waals surface area contributed by atoms with Crippen molar-refractivity contribution < 1.29 is 9.47 Å². The predicted octanol–water partition coefficient (Wildman–Crippen LogP) is 23.4. The maximum Gasteiger partial charge on any atom is 0.152 e. The Morgan fingerprint density at radius 1 is 0.270 bits per heavy atom. The quantitative estimate of drug-likeness (QED) is 0.112. The number of hydrogen-bond acceptors (Lipinski definition) is 4. The van der Waals surface area contributed by atoms with Crippen molar-refractivity contribution in [2.45, 2.75) is 19.3 Å². The van der Waals surface area contributed by atoms with E-state index in [9.17, 15) is 0 Å². The number of hydrogen-bond donors (Lipinski definition) is 0. The fraction of sp³-hybridized carbons (Fsp3) is 0.0353. The average Bonchev–Trinajstić information content (AvgIpc) is 1.56. The van der Waals surface area contributed by atoms with Gasteiger partial charge in [0, 0.05) is 11.4 Å². The second kappa shape index (κ2) is 19.8. The highest BCUT2D eigenvalue weighted by molar-refractivity contribution is 6.24. The SMILES string of the molecule is Cc1ccc(N2c3ccccc3Oc3cc(-c4ccc(-c5c6ccccc6c(-c6cc7c8c(ccc9cc(-c%10ccc%11c(c%10)Oc%10ccccc%10N%11c%10ccc(C)cc%10)cc(c98)C7(c7ccccc7)c7ccccc7)c6)c6ccccc56)cc4)ccc32)cc1. The molecule has 1 aliphatic carbocycles. The van der Waals surface area contributed by atoms with Crippen molar-refractivity contribution in [2.24, 2.45) is 0 Å². The van der Waals surface area contributed by atoms with Gasteiger partial charge >= 0.3 is 0 Å². The first-order valence-electron chi connectivity index (χ1n) is 30.7. The molecule has 15 aromatic carbocycles. The van der Waals surface area contributed by atoms with E-state index in [4.69, 9.17) is 9.47 Å². The number of benzene rings is 15. The zero-order chi connectivity index (χ0) is 58.9. The minimum atomic E-state index is -0.678. The Balaban J connectivity index is 0.782. The number of ether oxygens (including phenoxy) is 2. The third-order valence-electron chi connectivity index (χ3n) is 19.0. The van der Waals surface area contributed by atoms with Crippen LogP contribution in [0, 0.1) is 13.8 Å². The standard InChI is InChI=1S/C85H56N2O2/c1-53-29-41-65(42-30-53)86-73-25-13-15-27-77(73)88-79-51-57(39-45-75(79)86)55-33-35-56(36-34-55)81-67-21-9-11-23-69(67)82(70-24-12-10-22-68(70)81)62-48-60-38-37-59-47-61(49-71-83(59)84(60)72(50-62)85(71,63-17-5-3-6-18-63)64-19-7-4-8-20-64)58-40-46-76-80(52-58)89-78-28-16-14-26-74(78)87(76)66-43-31-54(2)32-44-66/h3-52H,1-2H3. The lowest BCUT2D eigenvalue weighted by atomic mass is 9.66. The molecule has 0 saturated heterocycles. The number of aryl methyl sites for hydroxylation is 2. The van der Waals surface area contributed by atoms with Gasteiger partial charge in [-0.05, 0) is 221 Å². The first-order valence-corrected chi connectivity index (χ1v) is 30.7. The molecular weight excluding hydrogens is 1080 g/mol. The summed E-state index contributed by atoms with van der Waals surface area (Å²) < 4.78 is 13.5. The monoisotopic (exact) mass is 1140 g/mol. The molecule has 0 atom stereocenters. The molecule has 4 nitrogen and oxygen atoms in total. The molecule has 89 heavy (non-hydrogen) atoms.